The number of rotatable bonds is 6. The molecule has 1 aromatic rings. The molecule has 148 valence electrons. The van der Waals surface area contributed by atoms with Gasteiger partial charge in [0.15, 0.2) is 5.96 Å². The maximum atomic E-state index is 12.1. The first-order chi connectivity index (χ1) is 13.3. The van der Waals surface area contributed by atoms with E-state index in [2.05, 4.69) is 47.5 Å². The number of benzene rings is 1. The Kier molecular flexibility index (Phi) is 7.55. The highest BCUT2D eigenvalue weighted by atomic mass is 16.2. The van der Waals surface area contributed by atoms with Crippen LogP contribution in [-0.4, -0.2) is 60.9 Å². The fraction of sp³-hybridized carbons (Fsp3) is 0.636. The van der Waals surface area contributed by atoms with Gasteiger partial charge in [-0.1, -0.05) is 36.8 Å². The van der Waals surface area contributed by atoms with E-state index in [-0.39, 0.29) is 0 Å². The van der Waals surface area contributed by atoms with Gasteiger partial charge in [-0.3, -0.25) is 9.79 Å². The van der Waals surface area contributed by atoms with Crippen molar-refractivity contribution in [3.63, 3.8) is 0 Å². The van der Waals surface area contributed by atoms with Crippen molar-refractivity contribution < 1.29 is 4.79 Å². The number of hydrogen-bond donors (Lipinski definition) is 1. The second kappa shape index (κ2) is 10.3. The summed E-state index contributed by atoms with van der Waals surface area (Å²) < 4.78 is 0. The Morgan fingerprint density at radius 1 is 1.19 bits per heavy atom. The first-order valence-corrected chi connectivity index (χ1v) is 10.6. The molecule has 2 aliphatic rings. The Morgan fingerprint density at radius 2 is 2.04 bits per heavy atom. The third-order valence-corrected chi connectivity index (χ3v) is 5.61. The zero-order valence-corrected chi connectivity index (χ0v) is 16.7. The van der Waals surface area contributed by atoms with Crippen LogP contribution in [0.5, 0.6) is 0 Å². The molecule has 0 bridgehead atoms. The number of aliphatic imine (C=N–C) groups is 1. The van der Waals surface area contributed by atoms with Crippen molar-refractivity contribution in [2.24, 2.45) is 4.99 Å². The second-order valence-electron chi connectivity index (χ2n) is 7.62. The Bertz CT molecular complexity index is 616. The molecule has 2 saturated heterocycles. The number of nitrogens with zero attached hydrogens (tertiary/aromatic N) is 3. The quantitative estimate of drug-likeness (QED) is 0.475. The molecule has 2 heterocycles. The van der Waals surface area contributed by atoms with Crippen molar-refractivity contribution in [1.82, 2.24) is 15.1 Å². The van der Waals surface area contributed by atoms with Gasteiger partial charge in [-0.2, -0.15) is 0 Å². The Hall–Kier alpha value is -2.04. The minimum absolute atomic E-state index is 0.327. The van der Waals surface area contributed by atoms with Gasteiger partial charge in [0.25, 0.3) is 0 Å². The van der Waals surface area contributed by atoms with Gasteiger partial charge < -0.3 is 15.1 Å². The van der Waals surface area contributed by atoms with Crippen LogP contribution in [0.2, 0.25) is 0 Å². The number of amides is 1. The van der Waals surface area contributed by atoms with Gasteiger partial charge in [0.05, 0.1) is 0 Å². The summed E-state index contributed by atoms with van der Waals surface area (Å²) >= 11 is 0. The zero-order chi connectivity index (χ0) is 18.9. The smallest absolute Gasteiger partial charge is 0.222 e. The zero-order valence-electron chi connectivity index (χ0n) is 16.7. The minimum Gasteiger partial charge on any atom is -0.357 e. The molecule has 5 heteroatoms. The molecular weight excluding hydrogens is 336 g/mol. The third kappa shape index (κ3) is 5.72. The van der Waals surface area contributed by atoms with Gasteiger partial charge in [-0.05, 0) is 38.2 Å². The molecule has 5 nitrogen and oxygen atoms in total. The lowest BCUT2D eigenvalue weighted by molar-refractivity contribution is -0.130. The van der Waals surface area contributed by atoms with Crippen LogP contribution in [0.1, 0.15) is 56.9 Å². The van der Waals surface area contributed by atoms with Crippen molar-refractivity contribution in [2.75, 3.05) is 39.3 Å². The van der Waals surface area contributed by atoms with Gasteiger partial charge in [-0.15, -0.1) is 0 Å². The van der Waals surface area contributed by atoms with E-state index < -0.39 is 0 Å². The molecule has 0 aromatic heterocycles. The summed E-state index contributed by atoms with van der Waals surface area (Å²) in [6.45, 7) is 7.63. The van der Waals surface area contributed by atoms with Gasteiger partial charge >= 0.3 is 0 Å². The molecular formula is C22H34N4O. The van der Waals surface area contributed by atoms with Crippen LogP contribution in [-0.2, 0) is 4.79 Å². The number of likely N-dealkylation sites (tertiary alicyclic amines) is 2. The van der Waals surface area contributed by atoms with E-state index in [1.807, 2.05) is 4.90 Å². The van der Waals surface area contributed by atoms with Crippen molar-refractivity contribution in [3.05, 3.63) is 35.9 Å². The number of guanidine groups is 1. The predicted molar refractivity (Wildman–Crippen MR) is 111 cm³/mol. The maximum Gasteiger partial charge on any atom is 0.222 e. The first kappa shape index (κ1) is 19.7. The van der Waals surface area contributed by atoms with Gasteiger partial charge in [0.2, 0.25) is 5.91 Å². The Balaban J connectivity index is 1.50. The topological polar surface area (TPSA) is 47.9 Å². The summed E-state index contributed by atoms with van der Waals surface area (Å²) in [5.74, 6) is 1.94. The normalized spacial score (nSPS) is 21.4. The van der Waals surface area contributed by atoms with E-state index in [4.69, 9.17) is 4.99 Å². The summed E-state index contributed by atoms with van der Waals surface area (Å²) in [7, 11) is 0. The Labute approximate surface area is 163 Å². The molecule has 1 N–H and O–H groups in total. The minimum atomic E-state index is 0.327. The Morgan fingerprint density at radius 3 is 2.85 bits per heavy atom. The molecule has 0 radical (unpaired) electrons. The fourth-order valence-electron chi connectivity index (χ4n) is 4.10. The number of carbonyl (C=O) groups is 1. The van der Waals surface area contributed by atoms with Gasteiger partial charge in [-0.25, -0.2) is 0 Å². The molecule has 3 rings (SSSR count). The SMILES string of the molecule is CCNC(=NCCCN1CCCCCC1=O)N1CCC(c2ccccc2)C1. The maximum absolute atomic E-state index is 12.1. The van der Waals surface area contributed by atoms with E-state index in [1.165, 1.54) is 18.4 Å². The average Bonchev–Trinajstić information content (AvgIpc) is 3.10. The number of carbonyl (C=O) groups excluding carboxylic acids is 1. The highest BCUT2D eigenvalue weighted by Crippen LogP contribution is 2.26. The van der Waals surface area contributed by atoms with Crippen molar-refractivity contribution in [2.45, 2.75) is 51.4 Å². The molecule has 0 saturated carbocycles. The van der Waals surface area contributed by atoms with E-state index in [0.717, 1.165) is 70.9 Å². The van der Waals surface area contributed by atoms with Crippen molar-refractivity contribution in [1.29, 1.82) is 0 Å². The molecule has 1 unspecified atom stereocenters. The molecule has 0 spiro atoms. The standard InChI is InChI=1S/C22H34N4O/c1-2-23-22(24-14-9-16-25-15-8-4-7-12-21(25)27)26-17-13-20(18-26)19-10-5-3-6-11-19/h3,5-6,10-11,20H,2,4,7-9,12-18H2,1H3,(H,23,24). The molecule has 1 atom stereocenters. The third-order valence-electron chi connectivity index (χ3n) is 5.61. The summed E-state index contributed by atoms with van der Waals surface area (Å²) in [5.41, 5.74) is 1.43. The van der Waals surface area contributed by atoms with Crippen molar-refractivity contribution in [3.8, 4) is 0 Å². The van der Waals surface area contributed by atoms with Crippen LogP contribution in [0, 0.1) is 0 Å². The molecule has 1 aromatic carbocycles. The largest absolute Gasteiger partial charge is 0.357 e. The molecule has 27 heavy (non-hydrogen) atoms. The number of hydrogen-bond acceptors (Lipinski definition) is 2. The van der Waals surface area contributed by atoms with Gasteiger partial charge in [0, 0.05) is 51.6 Å². The van der Waals surface area contributed by atoms with Crippen LogP contribution in [0.4, 0.5) is 0 Å². The predicted octanol–water partition coefficient (Wildman–Crippen LogP) is 3.23. The van der Waals surface area contributed by atoms with E-state index in [0.29, 0.717) is 11.8 Å². The monoisotopic (exact) mass is 370 g/mol. The molecule has 1 amide bonds. The van der Waals surface area contributed by atoms with E-state index in [9.17, 15) is 4.79 Å². The van der Waals surface area contributed by atoms with Crippen LogP contribution in [0.15, 0.2) is 35.3 Å². The summed E-state index contributed by atoms with van der Waals surface area (Å²) in [6, 6.07) is 10.8. The highest BCUT2D eigenvalue weighted by Gasteiger charge is 2.25. The lowest BCUT2D eigenvalue weighted by atomic mass is 9.99. The summed E-state index contributed by atoms with van der Waals surface area (Å²) in [4.78, 5) is 21.4. The lowest BCUT2D eigenvalue weighted by Crippen LogP contribution is -2.40. The summed E-state index contributed by atoms with van der Waals surface area (Å²) in [6.07, 6.45) is 6.22. The average molecular weight is 371 g/mol. The van der Waals surface area contributed by atoms with Crippen molar-refractivity contribution >= 4 is 11.9 Å². The van der Waals surface area contributed by atoms with Gasteiger partial charge in [0.1, 0.15) is 0 Å². The van der Waals surface area contributed by atoms with E-state index in [1.54, 1.807) is 0 Å². The molecule has 0 aliphatic carbocycles. The van der Waals surface area contributed by atoms with Crippen LogP contribution < -0.4 is 5.32 Å². The number of nitrogens with one attached hydrogen (secondary N) is 1. The van der Waals surface area contributed by atoms with Crippen LogP contribution >= 0.6 is 0 Å². The van der Waals surface area contributed by atoms with Crippen LogP contribution in [0.3, 0.4) is 0 Å². The lowest BCUT2D eigenvalue weighted by Gasteiger charge is -2.22. The molecule has 2 aliphatic heterocycles. The first-order valence-electron chi connectivity index (χ1n) is 10.6. The van der Waals surface area contributed by atoms with E-state index >= 15 is 0 Å². The molecule has 2 fully saturated rings. The second-order valence-corrected chi connectivity index (χ2v) is 7.62. The van der Waals surface area contributed by atoms with Crippen LogP contribution in [0.25, 0.3) is 0 Å². The fourth-order valence-corrected chi connectivity index (χ4v) is 4.10. The highest BCUT2D eigenvalue weighted by molar-refractivity contribution is 5.80. The summed E-state index contributed by atoms with van der Waals surface area (Å²) in [5, 5.41) is 3.45.